The highest BCUT2D eigenvalue weighted by atomic mass is 32.2. The molecular formula is C16H19N3O4S. The normalized spacial score (nSPS) is 15.6. The number of nitrogens with one attached hydrogen (secondary N) is 1. The van der Waals surface area contributed by atoms with Gasteiger partial charge in [-0.1, -0.05) is 0 Å². The highest BCUT2D eigenvalue weighted by Gasteiger charge is 2.36. The van der Waals surface area contributed by atoms with Gasteiger partial charge >= 0.3 is 0 Å². The number of sulfonamides is 1. The monoisotopic (exact) mass is 349 g/mol. The second-order valence-electron chi connectivity index (χ2n) is 5.73. The van der Waals surface area contributed by atoms with Crippen LogP contribution in [-0.4, -0.2) is 36.7 Å². The quantitative estimate of drug-likeness (QED) is 0.914. The van der Waals surface area contributed by atoms with Gasteiger partial charge in [-0.2, -0.15) is 4.31 Å². The van der Waals surface area contributed by atoms with Crippen LogP contribution in [0, 0.1) is 13.8 Å². The van der Waals surface area contributed by atoms with Gasteiger partial charge in [-0.25, -0.2) is 8.42 Å². The Bertz CT molecular complexity index is 853. The van der Waals surface area contributed by atoms with E-state index in [2.05, 4.69) is 10.3 Å². The maximum atomic E-state index is 12.9. The molecule has 0 bridgehead atoms. The average molecular weight is 349 g/mol. The van der Waals surface area contributed by atoms with Crippen LogP contribution in [0.5, 0.6) is 0 Å². The molecule has 0 saturated carbocycles. The molecule has 8 heteroatoms. The number of hydrogen-bond donors (Lipinski definition) is 1. The van der Waals surface area contributed by atoms with Crippen LogP contribution < -0.4 is 5.32 Å². The summed E-state index contributed by atoms with van der Waals surface area (Å²) >= 11 is 0. The lowest BCUT2D eigenvalue weighted by Gasteiger charge is -2.16. The SMILES string of the molecule is Cc1oc(C)c(S(=O)(=O)N2CCCC2)c1C(=O)Nc1cccnc1. The molecule has 0 spiro atoms. The van der Waals surface area contributed by atoms with Gasteiger partial charge in [-0.15, -0.1) is 0 Å². The predicted molar refractivity (Wildman–Crippen MR) is 88.4 cm³/mol. The van der Waals surface area contributed by atoms with E-state index < -0.39 is 15.9 Å². The van der Waals surface area contributed by atoms with E-state index in [1.165, 1.54) is 10.5 Å². The maximum absolute atomic E-state index is 12.9. The Labute approximate surface area is 140 Å². The zero-order chi connectivity index (χ0) is 17.3. The molecule has 2 aromatic rings. The summed E-state index contributed by atoms with van der Waals surface area (Å²) in [6.07, 6.45) is 4.74. The Kier molecular flexibility index (Phi) is 4.42. The van der Waals surface area contributed by atoms with E-state index in [0.717, 1.165) is 12.8 Å². The van der Waals surface area contributed by atoms with Gasteiger partial charge in [0.2, 0.25) is 10.0 Å². The summed E-state index contributed by atoms with van der Waals surface area (Å²) in [6, 6.07) is 3.37. The van der Waals surface area contributed by atoms with E-state index in [1.54, 1.807) is 32.2 Å². The first kappa shape index (κ1) is 16.7. The lowest BCUT2D eigenvalue weighted by Crippen LogP contribution is -2.30. The lowest BCUT2D eigenvalue weighted by atomic mass is 10.2. The molecule has 0 unspecified atom stereocenters. The largest absolute Gasteiger partial charge is 0.464 e. The van der Waals surface area contributed by atoms with E-state index >= 15 is 0 Å². The van der Waals surface area contributed by atoms with Crippen molar-refractivity contribution >= 4 is 21.6 Å². The van der Waals surface area contributed by atoms with Gasteiger partial charge < -0.3 is 9.73 Å². The van der Waals surface area contributed by atoms with Crippen molar-refractivity contribution in [3.8, 4) is 0 Å². The molecule has 1 saturated heterocycles. The van der Waals surface area contributed by atoms with E-state index in [1.807, 2.05) is 0 Å². The molecule has 1 fully saturated rings. The van der Waals surface area contributed by atoms with Crippen LogP contribution in [0.4, 0.5) is 5.69 Å². The fraction of sp³-hybridized carbons (Fsp3) is 0.375. The van der Waals surface area contributed by atoms with Crippen molar-refractivity contribution in [3.63, 3.8) is 0 Å². The van der Waals surface area contributed by atoms with Crippen molar-refractivity contribution in [2.45, 2.75) is 31.6 Å². The van der Waals surface area contributed by atoms with Gasteiger partial charge in [0, 0.05) is 19.3 Å². The lowest BCUT2D eigenvalue weighted by molar-refractivity contribution is 0.102. The number of furan rings is 1. The molecule has 0 aromatic carbocycles. The number of nitrogens with zero attached hydrogens (tertiary/aromatic N) is 2. The Morgan fingerprint density at radius 3 is 2.58 bits per heavy atom. The molecule has 3 rings (SSSR count). The number of aromatic nitrogens is 1. The summed E-state index contributed by atoms with van der Waals surface area (Å²) in [5, 5.41) is 2.67. The summed E-state index contributed by atoms with van der Waals surface area (Å²) in [6.45, 7) is 4.09. The van der Waals surface area contributed by atoms with Crippen LogP contribution in [0.2, 0.25) is 0 Å². The number of carbonyl (C=O) groups is 1. The summed E-state index contributed by atoms with van der Waals surface area (Å²) in [4.78, 5) is 16.5. The average Bonchev–Trinajstić information content (AvgIpc) is 3.16. The third kappa shape index (κ3) is 2.94. The first-order valence-electron chi connectivity index (χ1n) is 7.73. The van der Waals surface area contributed by atoms with Crippen molar-refractivity contribution in [3.05, 3.63) is 41.6 Å². The Balaban J connectivity index is 2.01. The predicted octanol–water partition coefficient (Wildman–Crippen LogP) is 2.33. The highest BCUT2D eigenvalue weighted by molar-refractivity contribution is 7.89. The maximum Gasteiger partial charge on any atom is 0.260 e. The van der Waals surface area contributed by atoms with Crippen LogP contribution in [0.1, 0.15) is 34.7 Å². The Morgan fingerprint density at radius 1 is 1.25 bits per heavy atom. The van der Waals surface area contributed by atoms with E-state index in [4.69, 9.17) is 4.42 Å². The fourth-order valence-electron chi connectivity index (χ4n) is 2.92. The zero-order valence-electron chi connectivity index (χ0n) is 13.6. The van der Waals surface area contributed by atoms with Crippen LogP contribution in [0.15, 0.2) is 33.8 Å². The highest BCUT2D eigenvalue weighted by Crippen LogP contribution is 2.31. The van der Waals surface area contributed by atoms with Crippen molar-refractivity contribution < 1.29 is 17.6 Å². The van der Waals surface area contributed by atoms with Gasteiger partial charge in [-0.3, -0.25) is 9.78 Å². The molecule has 3 heterocycles. The number of rotatable bonds is 4. The molecular weight excluding hydrogens is 330 g/mol. The zero-order valence-corrected chi connectivity index (χ0v) is 14.4. The first-order valence-corrected chi connectivity index (χ1v) is 9.17. The summed E-state index contributed by atoms with van der Waals surface area (Å²) in [5.74, 6) is -0.00230. The van der Waals surface area contributed by atoms with Crippen molar-refractivity contribution in [2.24, 2.45) is 0 Å². The third-order valence-electron chi connectivity index (χ3n) is 4.01. The van der Waals surface area contributed by atoms with Crippen molar-refractivity contribution in [1.82, 2.24) is 9.29 Å². The number of hydrogen-bond acceptors (Lipinski definition) is 5. The number of aryl methyl sites for hydroxylation is 2. The molecule has 0 atom stereocenters. The molecule has 1 amide bonds. The Hall–Kier alpha value is -2.19. The second kappa shape index (κ2) is 6.37. The third-order valence-corrected chi connectivity index (χ3v) is 6.07. The minimum Gasteiger partial charge on any atom is -0.464 e. The van der Waals surface area contributed by atoms with Crippen LogP contribution in [0.3, 0.4) is 0 Å². The van der Waals surface area contributed by atoms with Crippen LogP contribution in [0.25, 0.3) is 0 Å². The summed E-state index contributed by atoms with van der Waals surface area (Å²) in [7, 11) is -3.75. The molecule has 0 aliphatic carbocycles. The molecule has 1 N–H and O–H groups in total. The number of carbonyl (C=O) groups excluding carboxylic acids is 1. The molecule has 24 heavy (non-hydrogen) atoms. The van der Waals surface area contributed by atoms with Gasteiger partial charge in [0.25, 0.3) is 5.91 Å². The van der Waals surface area contributed by atoms with Crippen LogP contribution in [-0.2, 0) is 10.0 Å². The topological polar surface area (TPSA) is 92.5 Å². The number of pyridine rings is 1. The van der Waals surface area contributed by atoms with Crippen LogP contribution >= 0.6 is 0 Å². The molecule has 128 valence electrons. The molecule has 1 aliphatic heterocycles. The smallest absolute Gasteiger partial charge is 0.260 e. The minimum absolute atomic E-state index is 0.0386. The standard InChI is InChI=1S/C16H19N3O4S/c1-11-14(16(20)18-13-6-5-7-17-10-13)15(12(2)23-11)24(21,22)19-8-3-4-9-19/h5-7,10H,3-4,8-9H2,1-2H3,(H,18,20). The fourth-order valence-corrected chi connectivity index (χ4v) is 4.82. The minimum atomic E-state index is -3.75. The number of amides is 1. The van der Waals surface area contributed by atoms with Gasteiger partial charge in [-0.05, 0) is 38.8 Å². The first-order chi connectivity index (χ1) is 11.4. The van der Waals surface area contributed by atoms with Gasteiger partial charge in [0.1, 0.15) is 22.0 Å². The van der Waals surface area contributed by atoms with Crippen molar-refractivity contribution in [1.29, 1.82) is 0 Å². The molecule has 7 nitrogen and oxygen atoms in total. The Morgan fingerprint density at radius 2 is 1.96 bits per heavy atom. The van der Waals surface area contributed by atoms with E-state index in [-0.39, 0.29) is 22.0 Å². The molecule has 2 aromatic heterocycles. The van der Waals surface area contributed by atoms with Gasteiger partial charge in [0.15, 0.2) is 0 Å². The van der Waals surface area contributed by atoms with Gasteiger partial charge in [0.05, 0.1) is 11.9 Å². The molecule has 0 radical (unpaired) electrons. The summed E-state index contributed by atoms with van der Waals surface area (Å²) < 4.78 is 32.7. The van der Waals surface area contributed by atoms with E-state index in [0.29, 0.717) is 18.8 Å². The molecule has 1 aliphatic rings. The van der Waals surface area contributed by atoms with E-state index in [9.17, 15) is 13.2 Å². The van der Waals surface area contributed by atoms with Crippen molar-refractivity contribution in [2.75, 3.05) is 18.4 Å². The number of anilines is 1. The summed E-state index contributed by atoms with van der Waals surface area (Å²) in [5.41, 5.74) is 0.550. The second-order valence-corrected chi connectivity index (χ2v) is 7.60.